The second-order valence-electron chi connectivity index (χ2n) is 22.0. The summed E-state index contributed by atoms with van der Waals surface area (Å²) in [7, 11) is 0. The molecule has 0 bridgehead atoms. The van der Waals surface area contributed by atoms with Crippen LogP contribution in [0.1, 0.15) is 0 Å². The lowest BCUT2D eigenvalue weighted by molar-refractivity contribution is 0.996. The number of hydrogen-bond acceptors (Lipinski definition) is 2. The van der Waals surface area contributed by atoms with Crippen LogP contribution in [0.2, 0.25) is 0 Å². The molecule has 3 heterocycles. The predicted molar refractivity (Wildman–Crippen MR) is 347 cm³/mol. The molecule has 0 spiro atoms. The molecule has 4 nitrogen and oxygen atoms in total. The monoisotopic (exact) mass is 1040 g/mol. The third-order valence-corrected chi connectivity index (χ3v) is 17.7. The summed E-state index contributed by atoms with van der Waals surface area (Å²) in [5.74, 6) is 0.620. The quantitative estimate of drug-likeness (QED) is 0.161. The maximum absolute atomic E-state index is 5.63. The molecular weight excluding hydrogens is 993 g/mol. The van der Waals surface area contributed by atoms with Crippen molar-refractivity contribution in [3.63, 3.8) is 0 Å². The van der Waals surface area contributed by atoms with Gasteiger partial charge in [-0.3, -0.25) is 4.57 Å². The highest BCUT2D eigenvalue weighted by Crippen LogP contribution is 2.43. The lowest BCUT2D eigenvalue weighted by Crippen LogP contribution is -2.04. The number of aromatic nitrogens is 4. The van der Waals surface area contributed by atoms with E-state index in [4.69, 9.17) is 9.97 Å². The summed E-state index contributed by atoms with van der Waals surface area (Å²) >= 11 is 0. The van der Waals surface area contributed by atoms with E-state index in [2.05, 4.69) is 288 Å². The van der Waals surface area contributed by atoms with Gasteiger partial charge in [0.05, 0.1) is 33.5 Å². The third-order valence-electron chi connectivity index (χ3n) is 17.7. The Morgan fingerprint density at radius 1 is 0.195 bits per heavy atom. The zero-order valence-corrected chi connectivity index (χ0v) is 44.3. The first-order chi connectivity index (χ1) is 40.6. The van der Waals surface area contributed by atoms with E-state index < -0.39 is 0 Å². The first-order valence-electron chi connectivity index (χ1n) is 28.2. The second-order valence-corrected chi connectivity index (χ2v) is 22.0. The van der Waals surface area contributed by atoms with E-state index >= 15 is 0 Å². The Balaban J connectivity index is 0.832. The Hall–Kier alpha value is -10.9. The van der Waals surface area contributed by atoms with Gasteiger partial charge in [0.2, 0.25) is 5.95 Å². The smallest absolute Gasteiger partial charge is 0.235 e. The first kappa shape index (κ1) is 45.0. The minimum Gasteiger partial charge on any atom is -0.309 e. The summed E-state index contributed by atoms with van der Waals surface area (Å²) in [5, 5.41) is 24.5. The Morgan fingerprint density at radius 3 is 1.04 bits per heavy atom. The van der Waals surface area contributed by atoms with E-state index in [0.717, 1.165) is 61.1 Å². The molecular formula is C78H46N4. The van der Waals surface area contributed by atoms with Gasteiger partial charge in [-0.25, -0.2) is 9.97 Å². The second kappa shape index (κ2) is 17.3. The average molecular weight is 1040 g/mol. The molecule has 3 aromatic heterocycles. The van der Waals surface area contributed by atoms with E-state index in [1.54, 1.807) is 0 Å². The summed E-state index contributed by atoms with van der Waals surface area (Å²) in [6, 6.07) is 103. The van der Waals surface area contributed by atoms with Gasteiger partial charge in [0.15, 0.2) is 0 Å². The van der Waals surface area contributed by atoms with Crippen LogP contribution in [0.4, 0.5) is 0 Å². The molecule has 18 aromatic rings. The predicted octanol–water partition coefficient (Wildman–Crippen LogP) is 20.9. The lowest BCUT2D eigenvalue weighted by Gasteiger charge is -2.15. The van der Waals surface area contributed by atoms with Gasteiger partial charge in [-0.15, -0.1) is 0 Å². The number of fused-ring (bicyclic) bond motifs is 21. The maximum Gasteiger partial charge on any atom is 0.235 e. The molecule has 0 aliphatic carbocycles. The van der Waals surface area contributed by atoms with Gasteiger partial charge in [-0.2, -0.15) is 0 Å². The molecule has 0 unspecified atom stereocenters. The molecule has 0 aliphatic heterocycles. The minimum atomic E-state index is 0.620. The molecule has 0 N–H and O–H groups in total. The molecule has 0 saturated carbocycles. The summed E-state index contributed by atoms with van der Waals surface area (Å²) < 4.78 is 4.71. The summed E-state index contributed by atoms with van der Waals surface area (Å²) in [6.45, 7) is 0. The van der Waals surface area contributed by atoms with Crippen LogP contribution in [0.15, 0.2) is 279 Å². The molecule has 18 rings (SSSR count). The molecule has 0 atom stereocenters. The summed E-state index contributed by atoms with van der Waals surface area (Å²) in [5.41, 5.74) is 11.7. The molecule has 378 valence electrons. The van der Waals surface area contributed by atoms with Crippen molar-refractivity contribution >= 4 is 130 Å². The van der Waals surface area contributed by atoms with Crippen molar-refractivity contribution in [1.29, 1.82) is 0 Å². The van der Waals surface area contributed by atoms with E-state index in [0.29, 0.717) is 5.95 Å². The molecule has 82 heavy (non-hydrogen) atoms. The van der Waals surface area contributed by atoms with Gasteiger partial charge >= 0.3 is 0 Å². The number of hydrogen-bond donors (Lipinski definition) is 0. The van der Waals surface area contributed by atoms with Crippen LogP contribution >= 0.6 is 0 Å². The topological polar surface area (TPSA) is 35.6 Å². The molecule has 0 radical (unpaired) electrons. The van der Waals surface area contributed by atoms with Gasteiger partial charge in [0.25, 0.3) is 0 Å². The number of nitrogens with zero attached hydrogens (tertiary/aromatic N) is 4. The molecule has 15 aromatic carbocycles. The van der Waals surface area contributed by atoms with Gasteiger partial charge < -0.3 is 4.57 Å². The van der Waals surface area contributed by atoms with Crippen LogP contribution in [-0.2, 0) is 0 Å². The zero-order chi connectivity index (χ0) is 53.6. The van der Waals surface area contributed by atoms with E-state index in [9.17, 15) is 0 Å². The molecule has 0 fully saturated rings. The third kappa shape index (κ3) is 6.61. The standard InChI is InChI=1S/C78H46N4/c1-2-16-54-47(15-1)29-30-48-31-36-53(45-67(48)54)81-74-27-13-11-25-65(74)70-41-49(34-39-76(70)81)50-35-40-77-71(42-50)66-26-12-14-28-75(66)82(77)78-79-72(51-32-37-63-59-21-5-3-17-55(59)57-19-7-9-23-61(57)68(63)43-51)46-73(80-78)52-33-38-64-60-22-6-4-18-56(60)58-20-8-10-24-62(58)69(64)44-52/h1-46H. The summed E-state index contributed by atoms with van der Waals surface area (Å²) in [4.78, 5) is 11.3. The molecule has 4 heteroatoms. The van der Waals surface area contributed by atoms with E-state index in [-0.39, 0.29) is 0 Å². The maximum atomic E-state index is 5.63. The van der Waals surface area contributed by atoms with Crippen LogP contribution in [-0.4, -0.2) is 19.1 Å². The Morgan fingerprint density at radius 2 is 0.537 bits per heavy atom. The molecule has 0 saturated heterocycles. The fourth-order valence-corrected chi connectivity index (χ4v) is 13.9. The number of rotatable bonds is 5. The van der Waals surface area contributed by atoms with Crippen LogP contribution in [0, 0.1) is 0 Å². The van der Waals surface area contributed by atoms with E-state index in [1.165, 1.54) is 108 Å². The van der Waals surface area contributed by atoms with Gasteiger partial charge in [-0.05, 0) is 164 Å². The van der Waals surface area contributed by atoms with Gasteiger partial charge in [0, 0.05) is 38.4 Å². The van der Waals surface area contributed by atoms with Crippen molar-refractivity contribution in [2.75, 3.05) is 0 Å². The first-order valence-corrected chi connectivity index (χ1v) is 28.2. The Labute approximate surface area is 470 Å². The van der Waals surface area contributed by atoms with Crippen LogP contribution < -0.4 is 0 Å². The Kier molecular flexibility index (Phi) is 9.48. The minimum absolute atomic E-state index is 0.620. The van der Waals surface area contributed by atoms with Crippen molar-refractivity contribution in [1.82, 2.24) is 19.1 Å². The van der Waals surface area contributed by atoms with Gasteiger partial charge in [0.1, 0.15) is 0 Å². The Bertz CT molecular complexity index is 5540. The number of para-hydroxylation sites is 2. The van der Waals surface area contributed by atoms with Gasteiger partial charge in [-0.1, -0.05) is 212 Å². The molecule has 0 amide bonds. The average Bonchev–Trinajstić information content (AvgIpc) is 3.46. The van der Waals surface area contributed by atoms with Crippen molar-refractivity contribution in [3.8, 4) is 45.3 Å². The fourth-order valence-electron chi connectivity index (χ4n) is 13.9. The largest absolute Gasteiger partial charge is 0.309 e. The molecule has 0 aliphatic rings. The fraction of sp³-hybridized carbons (Fsp3) is 0. The zero-order valence-electron chi connectivity index (χ0n) is 44.3. The normalized spacial score (nSPS) is 12.1. The van der Waals surface area contributed by atoms with Crippen molar-refractivity contribution in [3.05, 3.63) is 279 Å². The highest BCUT2D eigenvalue weighted by Gasteiger charge is 2.21. The number of benzene rings is 15. The van der Waals surface area contributed by atoms with Crippen molar-refractivity contribution < 1.29 is 0 Å². The highest BCUT2D eigenvalue weighted by atomic mass is 15.2. The van der Waals surface area contributed by atoms with Crippen molar-refractivity contribution in [2.45, 2.75) is 0 Å². The van der Waals surface area contributed by atoms with E-state index in [1.807, 2.05) is 0 Å². The SMILES string of the molecule is c1ccc2c(c1)ccc1ccc(-n3c4ccccc4c4cc(-c5ccc6c(c5)c5ccccc5n6-c5nc(-c6ccc7c8ccccc8c8ccccc8c7c6)cc(-c6ccc7c8ccccc8c8ccccc8c7c6)n5)ccc43)cc12. The van der Waals surface area contributed by atoms with Crippen LogP contribution in [0.5, 0.6) is 0 Å². The summed E-state index contributed by atoms with van der Waals surface area (Å²) in [6.07, 6.45) is 0. The van der Waals surface area contributed by atoms with Crippen molar-refractivity contribution in [2.24, 2.45) is 0 Å². The lowest BCUT2D eigenvalue weighted by atomic mass is 9.92. The van der Waals surface area contributed by atoms with Crippen LogP contribution in [0.25, 0.3) is 175 Å². The van der Waals surface area contributed by atoms with Crippen LogP contribution in [0.3, 0.4) is 0 Å². The highest BCUT2D eigenvalue weighted by molar-refractivity contribution is 6.27.